The minimum absolute atomic E-state index is 0.322. The van der Waals surface area contributed by atoms with Gasteiger partial charge in [-0.25, -0.2) is 14.5 Å². The molecule has 1 N–H and O–H groups in total. The van der Waals surface area contributed by atoms with Gasteiger partial charge < -0.3 is 19.4 Å². The lowest BCUT2D eigenvalue weighted by molar-refractivity contribution is -0.0693. The predicted molar refractivity (Wildman–Crippen MR) is 128 cm³/mol. The maximum atomic E-state index is 12.4. The van der Waals surface area contributed by atoms with Crippen molar-refractivity contribution in [2.24, 2.45) is 0 Å². The highest BCUT2D eigenvalue weighted by Gasteiger charge is 2.24. The molecule has 1 amide bonds. The lowest BCUT2D eigenvalue weighted by Crippen LogP contribution is -2.38. The SMILES string of the molecule is CCN(Oc1ccc(-c2cc(C(C)(C)O)nn2-c2ccc(OC)nc2)cc1)C(=O)OC(C)(C)C. The molecule has 182 valence electrons. The minimum Gasteiger partial charge on any atom is -0.481 e. The van der Waals surface area contributed by atoms with Crippen molar-refractivity contribution in [1.29, 1.82) is 0 Å². The second-order valence-corrected chi connectivity index (χ2v) is 9.24. The van der Waals surface area contributed by atoms with E-state index < -0.39 is 17.3 Å². The minimum atomic E-state index is -1.13. The van der Waals surface area contributed by atoms with Gasteiger partial charge in [0.25, 0.3) is 0 Å². The van der Waals surface area contributed by atoms with Crippen molar-refractivity contribution in [2.75, 3.05) is 13.7 Å². The average molecular weight is 469 g/mol. The second-order valence-electron chi connectivity index (χ2n) is 9.24. The third-order valence-electron chi connectivity index (χ3n) is 4.76. The Morgan fingerprint density at radius 2 is 1.76 bits per heavy atom. The highest BCUT2D eigenvalue weighted by molar-refractivity contribution is 5.67. The van der Waals surface area contributed by atoms with E-state index in [1.54, 1.807) is 77.7 Å². The van der Waals surface area contributed by atoms with Crippen LogP contribution in [0.25, 0.3) is 16.9 Å². The van der Waals surface area contributed by atoms with E-state index in [9.17, 15) is 9.90 Å². The largest absolute Gasteiger partial charge is 0.481 e. The molecule has 0 spiro atoms. The summed E-state index contributed by atoms with van der Waals surface area (Å²) < 4.78 is 12.2. The first kappa shape index (κ1) is 25.0. The molecule has 2 aromatic heterocycles. The van der Waals surface area contributed by atoms with Crippen molar-refractivity contribution >= 4 is 6.09 Å². The lowest BCUT2D eigenvalue weighted by atomic mass is 10.0. The van der Waals surface area contributed by atoms with Crippen molar-refractivity contribution in [1.82, 2.24) is 19.8 Å². The molecular formula is C25H32N4O5. The zero-order chi connectivity index (χ0) is 25.1. The Balaban J connectivity index is 1.91. The number of carbonyl (C=O) groups excluding carboxylic acids is 1. The molecule has 0 radical (unpaired) electrons. The summed E-state index contributed by atoms with van der Waals surface area (Å²) in [6, 6.07) is 12.7. The first-order chi connectivity index (χ1) is 15.9. The van der Waals surface area contributed by atoms with Crippen LogP contribution in [0.1, 0.15) is 47.2 Å². The van der Waals surface area contributed by atoms with Gasteiger partial charge in [-0.3, -0.25) is 0 Å². The van der Waals surface area contributed by atoms with Crippen LogP contribution in [0.5, 0.6) is 11.6 Å². The van der Waals surface area contributed by atoms with Crippen molar-refractivity contribution < 1.29 is 24.2 Å². The Kier molecular flexibility index (Phi) is 7.16. The summed E-state index contributed by atoms with van der Waals surface area (Å²) in [5.41, 5.74) is 1.08. The van der Waals surface area contributed by atoms with Gasteiger partial charge in [-0.2, -0.15) is 5.10 Å². The van der Waals surface area contributed by atoms with Gasteiger partial charge in [0, 0.05) is 11.6 Å². The number of hydrogen-bond acceptors (Lipinski definition) is 7. The van der Waals surface area contributed by atoms with Gasteiger partial charge in [0.2, 0.25) is 5.88 Å². The van der Waals surface area contributed by atoms with Crippen molar-refractivity contribution in [3.05, 3.63) is 54.4 Å². The highest BCUT2D eigenvalue weighted by atomic mass is 16.7. The molecule has 9 heteroatoms. The number of benzene rings is 1. The maximum absolute atomic E-state index is 12.4. The molecular weight excluding hydrogens is 436 g/mol. The Morgan fingerprint density at radius 1 is 1.09 bits per heavy atom. The topological polar surface area (TPSA) is 98.9 Å². The molecule has 0 aliphatic heterocycles. The van der Waals surface area contributed by atoms with E-state index in [-0.39, 0.29) is 0 Å². The van der Waals surface area contributed by atoms with Gasteiger partial charge >= 0.3 is 6.09 Å². The van der Waals surface area contributed by atoms with Crippen LogP contribution in [0.4, 0.5) is 4.79 Å². The lowest BCUT2D eigenvalue weighted by Gasteiger charge is -2.26. The van der Waals surface area contributed by atoms with Gasteiger partial charge in [-0.15, -0.1) is 5.06 Å². The molecule has 3 rings (SSSR count). The number of pyridine rings is 1. The third kappa shape index (κ3) is 6.05. The van der Waals surface area contributed by atoms with Gasteiger partial charge in [0.1, 0.15) is 11.2 Å². The van der Waals surface area contributed by atoms with E-state index in [0.29, 0.717) is 29.6 Å². The summed E-state index contributed by atoms with van der Waals surface area (Å²) in [6.45, 7) is 10.9. The number of ether oxygens (including phenoxy) is 2. The maximum Gasteiger partial charge on any atom is 0.443 e. The standard InChI is InChI=1S/C25H32N4O5/c1-8-28(23(30)33-24(2,3)4)34-19-12-9-17(10-13-19)20-15-21(25(5,6)31)27-29(20)18-11-14-22(32-7)26-16-18/h9-16,31H,8H2,1-7H3. The Bertz CT molecular complexity index is 1110. The van der Waals surface area contributed by atoms with Crippen LogP contribution < -0.4 is 9.57 Å². The fourth-order valence-corrected chi connectivity index (χ4v) is 3.06. The van der Waals surface area contributed by atoms with Crippen LogP contribution in [-0.4, -0.2) is 50.3 Å². The van der Waals surface area contributed by atoms with Crippen LogP contribution in [0.3, 0.4) is 0 Å². The number of nitrogens with zero attached hydrogens (tertiary/aromatic N) is 4. The monoisotopic (exact) mass is 468 g/mol. The van der Waals surface area contributed by atoms with Crippen molar-refractivity contribution in [3.63, 3.8) is 0 Å². The number of aliphatic hydroxyl groups is 1. The first-order valence-corrected chi connectivity index (χ1v) is 11.0. The van der Waals surface area contributed by atoms with E-state index in [0.717, 1.165) is 11.3 Å². The molecule has 2 heterocycles. The molecule has 0 saturated heterocycles. The van der Waals surface area contributed by atoms with Crippen LogP contribution in [-0.2, 0) is 10.3 Å². The van der Waals surface area contributed by atoms with Crippen LogP contribution in [0, 0.1) is 0 Å². The Morgan fingerprint density at radius 3 is 2.26 bits per heavy atom. The summed E-state index contributed by atoms with van der Waals surface area (Å²) in [5, 5.41) is 16.3. The van der Waals surface area contributed by atoms with E-state index in [2.05, 4.69) is 10.1 Å². The van der Waals surface area contributed by atoms with Gasteiger partial charge in [0.05, 0.1) is 36.9 Å². The summed E-state index contributed by atoms with van der Waals surface area (Å²) >= 11 is 0. The highest BCUT2D eigenvalue weighted by Crippen LogP contribution is 2.30. The second kappa shape index (κ2) is 9.72. The van der Waals surface area contributed by atoms with Gasteiger partial charge in [0.15, 0.2) is 5.75 Å². The average Bonchev–Trinajstić information content (AvgIpc) is 3.23. The molecule has 3 aromatic rings. The van der Waals surface area contributed by atoms with Gasteiger partial charge in [-0.1, -0.05) is 0 Å². The van der Waals surface area contributed by atoms with E-state index in [4.69, 9.17) is 14.3 Å². The molecule has 1 aromatic carbocycles. The van der Waals surface area contributed by atoms with Gasteiger partial charge in [-0.05, 0) is 77.9 Å². The molecule has 0 saturated carbocycles. The quantitative estimate of drug-likeness (QED) is 0.501. The molecule has 0 bridgehead atoms. The summed E-state index contributed by atoms with van der Waals surface area (Å²) in [7, 11) is 1.56. The molecule has 34 heavy (non-hydrogen) atoms. The summed E-state index contributed by atoms with van der Waals surface area (Å²) in [4.78, 5) is 22.4. The molecule has 0 unspecified atom stereocenters. The fourth-order valence-electron chi connectivity index (χ4n) is 3.06. The molecule has 0 atom stereocenters. The number of carbonyl (C=O) groups is 1. The third-order valence-corrected chi connectivity index (χ3v) is 4.76. The fraction of sp³-hybridized carbons (Fsp3) is 0.400. The van der Waals surface area contributed by atoms with Crippen molar-refractivity contribution in [2.45, 2.75) is 52.7 Å². The van der Waals surface area contributed by atoms with Crippen LogP contribution in [0.15, 0.2) is 48.7 Å². The van der Waals surface area contributed by atoms with E-state index in [1.165, 1.54) is 5.06 Å². The van der Waals surface area contributed by atoms with E-state index >= 15 is 0 Å². The first-order valence-electron chi connectivity index (χ1n) is 11.0. The zero-order valence-electron chi connectivity index (χ0n) is 20.7. The summed E-state index contributed by atoms with van der Waals surface area (Å²) in [5.74, 6) is 0.975. The van der Waals surface area contributed by atoms with Crippen molar-refractivity contribution in [3.8, 4) is 28.6 Å². The number of amides is 1. The molecule has 0 fully saturated rings. The number of hydrogen-bond donors (Lipinski definition) is 1. The predicted octanol–water partition coefficient (Wildman–Crippen LogP) is 4.72. The Labute approximate surface area is 199 Å². The normalized spacial score (nSPS) is 11.8. The smallest absolute Gasteiger partial charge is 0.443 e. The molecule has 0 aliphatic rings. The Hall–Kier alpha value is -3.59. The molecule has 9 nitrogen and oxygen atoms in total. The van der Waals surface area contributed by atoms with Crippen LogP contribution in [0.2, 0.25) is 0 Å². The number of aromatic nitrogens is 3. The number of rotatable bonds is 7. The molecule has 0 aliphatic carbocycles. The van der Waals surface area contributed by atoms with Crippen LogP contribution >= 0.6 is 0 Å². The van der Waals surface area contributed by atoms with E-state index in [1.807, 2.05) is 24.3 Å². The number of methoxy groups -OCH3 is 1. The number of hydroxylamine groups is 2. The summed E-state index contributed by atoms with van der Waals surface area (Å²) in [6.07, 6.45) is 1.10. The zero-order valence-corrected chi connectivity index (χ0v) is 20.7.